The highest BCUT2D eigenvalue weighted by Gasteiger charge is 2.22. The standard InChI is InChI=1S/C43H27NO2/c1-4-14-28(15-5-1)31-26-36(29-16-6-2-7-17-29)40(37(27-31)30-18-8-3-9-19-30)34-22-13-24-38-42(34)46-43(44-38)35-23-12-21-33-32-20-10-11-25-39(32)45-41(33)35/h1-27H. The van der Waals surface area contributed by atoms with Crippen molar-refractivity contribution < 1.29 is 8.83 Å². The van der Waals surface area contributed by atoms with Gasteiger partial charge in [0.2, 0.25) is 5.89 Å². The second-order valence-electron chi connectivity index (χ2n) is 11.5. The molecule has 9 aromatic rings. The van der Waals surface area contributed by atoms with Crippen LogP contribution >= 0.6 is 0 Å². The van der Waals surface area contributed by atoms with E-state index in [0.29, 0.717) is 5.89 Å². The molecule has 7 aromatic carbocycles. The maximum absolute atomic E-state index is 6.77. The van der Waals surface area contributed by atoms with Crippen LogP contribution in [0.3, 0.4) is 0 Å². The van der Waals surface area contributed by atoms with Gasteiger partial charge in [-0.05, 0) is 63.7 Å². The lowest BCUT2D eigenvalue weighted by molar-refractivity contribution is 0.616. The topological polar surface area (TPSA) is 39.2 Å². The molecule has 0 fully saturated rings. The van der Waals surface area contributed by atoms with Crippen molar-refractivity contribution >= 4 is 33.0 Å². The van der Waals surface area contributed by atoms with Gasteiger partial charge in [0.25, 0.3) is 0 Å². The van der Waals surface area contributed by atoms with Gasteiger partial charge in [-0.2, -0.15) is 0 Å². The van der Waals surface area contributed by atoms with Gasteiger partial charge in [0.1, 0.15) is 16.7 Å². The molecule has 0 bridgehead atoms. The number of benzene rings is 7. The van der Waals surface area contributed by atoms with E-state index in [1.807, 2.05) is 36.4 Å². The van der Waals surface area contributed by atoms with Gasteiger partial charge >= 0.3 is 0 Å². The van der Waals surface area contributed by atoms with E-state index in [9.17, 15) is 0 Å². The summed E-state index contributed by atoms with van der Waals surface area (Å²) in [7, 11) is 0. The molecule has 0 radical (unpaired) electrons. The molecule has 0 aliphatic heterocycles. The number of rotatable bonds is 5. The summed E-state index contributed by atoms with van der Waals surface area (Å²) in [5.74, 6) is 0.538. The van der Waals surface area contributed by atoms with E-state index in [0.717, 1.165) is 77.5 Å². The molecule has 0 aliphatic rings. The second kappa shape index (κ2) is 10.8. The van der Waals surface area contributed by atoms with Crippen LogP contribution in [-0.2, 0) is 0 Å². The molecule has 0 aliphatic carbocycles. The van der Waals surface area contributed by atoms with Crippen molar-refractivity contribution in [1.82, 2.24) is 4.98 Å². The predicted octanol–water partition coefficient (Wildman–Crippen LogP) is 12.1. The molecule has 0 saturated heterocycles. The largest absolute Gasteiger partial charge is 0.455 e. The molecule has 9 rings (SSSR count). The van der Waals surface area contributed by atoms with E-state index in [2.05, 4.69) is 127 Å². The number of hydrogen-bond donors (Lipinski definition) is 0. The number of oxazole rings is 1. The highest BCUT2D eigenvalue weighted by Crippen LogP contribution is 2.46. The number of fused-ring (bicyclic) bond motifs is 4. The highest BCUT2D eigenvalue weighted by molar-refractivity contribution is 6.10. The third-order valence-corrected chi connectivity index (χ3v) is 8.73. The summed E-state index contributed by atoms with van der Waals surface area (Å²) < 4.78 is 13.1. The van der Waals surface area contributed by atoms with Crippen molar-refractivity contribution in [1.29, 1.82) is 0 Å². The smallest absolute Gasteiger partial charge is 0.231 e. The molecule has 0 N–H and O–H groups in total. The molecule has 3 nitrogen and oxygen atoms in total. The molecule has 2 aromatic heterocycles. The molecule has 0 spiro atoms. The number of aromatic nitrogens is 1. The van der Waals surface area contributed by atoms with Gasteiger partial charge in [0.15, 0.2) is 5.58 Å². The highest BCUT2D eigenvalue weighted by atomic mass is 16.4. The number of para-hydroxylation sites is 3. The Hall–Kier alpha value is -6.19. The Kier molecular flexibility index (Phi) is 6.14. The van der Waals surface area contributed by atoms with Gasteiger partial charge in [-0.1, -0.05) is 133 Å². The first-order chi connectivity index (χ1) is 22.8. The van der Waals surface area contributed by atoms with Crippen molar-refractivity contribution in [2.75, 3.05) is 0 Å². The first-order valence-electron chi connectivity index (χ1n) is 15.5. The maximum Gasteiger partial charge on any atom is 0.231 e. The zero-order chi connectivity index (χ0) is 30.5. The van der Waals surface area contributed by atoms with E-state index in [1.165, 1.54) is 5.56 Å². The van der Waals surface area contributed by atoms with Crippen molar-refractivity contribution in [2.45, 2.75) is 0 Å². The summed E-state index contributed by atoms with van der Waals surface area (Å²) >= 11 is 0. The fourth-order valence-electron chi connectivity index (χ4n) is 6.60. The summed E-state index contributed by atoms with van der Waals surface area (Å²) in [6.07, 6.45) is 0. The lowest BCUT2D eigenvalue weighted by Gasteiger charge is -2.19. The Morgan fingerprint density at radius 1 is 0.370 bits per heavy atom. The van der Waals surface area contributed by atoms with E-state index < -0.39 is 0 Å². The van der Waals surface area contributed by atoms with Gasteiger partial charge < -0.3 is 8.83 Å². The molecule has 216 valence electrons. The Morgan fingerprint density at radius 2 is 0.935 bits per heavy atom. The normalized spacial score (nSPS) is 11.5. The van der Waals surface area contributed by atoms with E-state index >= 15 is 0 Å². The lowest BCUT2D eigenvalue weighted by Crippen LogP contribution is -1.93. The SMILES string of the molecule is c1ccc(-c2cc(-c3ccccc3)c(-c3cccc4nc(-c5cccc6c5oc5ccccc56)oc34)c(-c3ccccc3)c2)cc1. The molecule has 0 unspecified atom stereocenters. The van der Waals surface area contributed by atoms with Crippen LogP contribution in [-0.4, -0.2) is 4.98 Å². The Morgan fingerprint density at radius 3 is 1.63 bits per heavy atom. The third kappa shape index (κ3) is 4.33. The maximum atomic E-state index is 6.77. The van der Waals surface area contributed by atoms with Crippen LogP contribution in [0.5, 0.6) is 0 Å². The van der Waals surface area contributed by atoms with Crippen molar-refractivity contribution in [2.24, 2.45) is 0 Å². The van der Waals surface area contributed by atoms with Crippen molar-refractivity contribution in [3.63, 3.8) is 0 Å². The first kappa shape index (κ1) is 26.2. The van der Waals surface area contributed by atoms with Gasteiger partial charge in [-0.3, -0.25) is 0 Å². The van der Waals surface area contributed by atoms with Gasteiger partial charge in [0.05, 0.1) is 5.56 Å². The predicted molar refractivity (Wildman–Crippen MR) is 188 cm³/mol. The van der Waals surface area contributed by atoms with Gasteiger partial charge in [0, 0.05) is 21.9 Å². The van der Waals surface area contributed by atoms with Crippen LogP contribution in [0, 0.1) is 0 Å². The Labute approximate surface area is 266 Å². The summed E-state index contributed by atoms with van der Waals surface area (Å²) in [4.78, 5) is 5.03. The molecule has 0 saturated carbocycles. The molecular weight excluding hydrogens is 562 g/mol. The number of hydrogen-bond acceptors (Lipinski definition) is 3. The lowest BCUT2D eigenvalue weighted by atomic mass is 9.84. The van der Waals surface area contributed by atoms with Crippen LogP contribution in [0.1, 0.15) is 0 Å². The summed E-state index contributed by atoms with van der Waals surface area (Å²) in [6, 6.07) is 56.9. The summed E-state index contributed by atoms with van der Waals surface area (Å²) in [5, 5.41) is 2.12. The van der Waals surface area contributed by atoms with Crippen molar-refractivity contribution in [3.8, 4) is 56.0 Å². The van der Waals surface area contributed by atoms with Crippen LogP contribution in [0.15, 0.2) is 173 Å². The zero-order valence-corrected chi connectivity index (χ0v) is 24.9. The Balaban J connectivity index is 1.33. The summed E-state index contributed by atoms with van der Waals surface area (Å²) in [6.45, 7) is 0. The van der Waals surface area contributed by atoms with Gasteiger partial charge in [-0.15, -0.1) is 0 Å². The first-order valence-corrected chi connectivity index (χ1v) is 15.5. The fourth-order valence-corrected chi connectivity index (χ4v) is 6.60. The van der Waals surface area contributed by atoms with E-state index in [1.54, 1.807) is 0 Å². The average molecular weight is 590 g/mol. The van der Waals surface area contributed by atoms with Crippen LogP contribution < -0.4 is 0 Å². The fraction of sp³-hybridized carbons (Fsp3) is 0. The zero-order valence-electron chi connectivity index (χ0n) is 24.9. The number of furan rings is 1. The molecule has 46 heavy (non-hydrogen) atoms. The minimum Gasteiger partial charge on any atom is -0.455 e. The second-order valence-corrected chi connectivity index (χ2v) is 11.5. The van der Waals surface area contributed by atoms with Crippen molar-refractivity contribution in [3.05, 3.63) is 164 Å². The minimum atomic E-state index is 0.538. The summed E-state index contributed by atoms with van der Waals surface area (Å²) in [5.41, 5.74) is 13.0. The Bertz CT molecular complexity index is 2450. The minimum absolute atomic E-state index is 0.538. The third-order valence-electron chi connectivity index (χ3n) is 8.73. The van der Waals surface area contributed by atoms with Crippen LogP contribution in [0.4, 0.5) is 0 Å². The average Bonchev–Trinajstić information content (AvgIpc) is 3.74. The monoisotopic (exact) mass is 589 g/mol. The molecule has 3 heteroatoms. The number of nitrogens with zero attached hydrogens (tertiary/aromatic N) is 1. The molecular formula is C43H27NO2. The van der Waals surface area contributed by atoms with Gasteiger partial charge in [-0.25, -0.2) is 4.98 Å². The van der Waals surface area contributed by atoms with E-state index in [-0.39, 0.29) is 0 Å². The molecule has 0 amide bonds. The molecule has 0 atom stereocenters. The molecule has 2 heterocycles. The van der Waals surface area contributed by atoms with Crippen LogP contribution in [0.25, 0.3) is 89.0 Å². The van der Waals surface area contributed by atoms with Crippen LogP contribution in [0.2, 0.25) is 0 Å². The van der Waals surface area contributed by atoms with E-state index in [4.69, 9.17) is 13.8 Å². The quantitative estimate of drug-likeness (QED) is 0.200.